The number of rotatable bonds is 4. The number of hydrogen-bond acceptors (Lipinski definition) is 3. The molecule has 3 nitrogen and oxygen atoms in total. The van der Waals surface area contributed by atoms with Gasteiger partial charge in [-0.25, -0.2) is 0 Å². The summed E-state index contributed by atoms with van der Waals surface area (Å²) in [5.74, 6) is 0.0566. The monoisotopic (exact) mass is 214 g/mol. The van der Waals surface area contributed by atoms with E-state index in [1.165, 1.54) is 12.8 Å². The van der Waals surface area contributed by atoms with Crippen LogP contribution in [0.2, 0.25) is 0 Å². The lowest BCUT2D eigenvalue weighted by molar-refractivity contribution is -0.165. The Balaban J connectivity index is 1.81. The summed E-state index contributed by atoms with van der Waals surface area (Å²) >= 11 is 0. The van der Waals surface area contributed by atoms with E-state index in [9.17, 15) is 0 Å². The Labute approximate surface area is 91.8 Å². The maximum atomic E-state index is 9.11. The second-order valence-electron chi connectivity index (χ2n) is 4.90. The van der Waals surface area contributed by atoms with Gasteiger partial charge in [0.05, 0.1) is 12.7 Å². The van der Waals surface area contributed by atoms with Crippen molar-refractivity contribution < 1.29 is 14.6 Å². The van der Waals surface area contributed by atoms with Crippen molar-refractivity contribution in [2.45, 2.75) is 57.3 Å². The Hall–Kier alpha value is -0.120. The van der Waals surface area contributed by atoms with Crippen LogP contribution in [0.4, 0.5) is 0 Å². The molecule has 0 aromatic rings. The molecule has 1 aliphatic carbocycles. The van der Waals surface area contributed by atoms with E-state index in [2.05, 4.69) is 6.92 Å². The van der Waals surface area contributed by atoms with Gasteiger partial charge in [0.15, 0.2) is 5.79 Å². The van der Waals surface area contributed by atoms with E-state index in [0.717, 1.165) is 32.3 Å². The highest BCUT2D eigenvalue weighted by atomic mass is 16.7. The van der Waals surface area contributed by atoms with Crippen molar-refractivity contribution in [3.05, 3.63) is 0 Å². The number of ether oxygens (including phenoxy) is 2. The molecular weight excluding hydrogens is 192 g/mol. The van der Waals surface area contributed by atoms with E-state index in [1.54, 1.807) is 0 Å². The molecule has 0 bridgehead atoms. The first-order chi connectivity index (χ1) is 7.28. The molecule has 0 amide bonds. The highest BCUT2D eigenvalue weighted by molar-refractivity contribution is 4.88. The number of aliphatic hydroxyl groups is 1. The molecule has 0 aromatic heterocycles. The van der Waals surface area contributed by atoms with E-state index in [-0.39, 0.29) is 12.4 Å². The second kappa shape index (κ2) is 4.81. The number of unbranched alkanes of at least 4 members (excludes halogenated alkanes) is 1. The van der Waals surface area contributed by atoms with Gasteiger partial charge in [-0.05, 0) is 18.8 Å². The minimum atomic E-state index is -0.328. The SMILES string of the molecule is CCCCC1COC2(CCC(CO)C2)O1. The van der Waals surface area contributed by atoms with Crippen molar-refractivity contribution in [3.63, 3.8) is 0 Å². The summed E-state index contributed by atoms with van der Waals surface area (Å²) in [6.45, 7) is 3.22. The summed E-state index contributed by atoms with van der Waals surface area (Å²) in [7, 11) is 0. The first-order valence-electron chi connectivity index (χ1n) is 6.20. The molecule has 3 atom stereocenters. The van der Waals surface area contributed by atoms with E-state index < -0.39 is 0 Å². The lowest BCUT2D eigenvalue weighted by Crippen LogP contribution is -2.27. The summed E-state index contributed by atoms with van der Waals surface area (Å²) in [5, 5.41) is 9.11. The quantitative estimate of drug-likeness (QED) is 0.778. The molecule has 2 aliphatic rings. The van der Waals surface area contributed by atoms with Gasteiger partial charge in [-0.1, -0.05) is 19.8 Å². The van der Waals surface area contributed by atoms with Crippen molar-refractivity contribution in [1.82, 2.24) is 0 Å². The van der Waals surface area contributed by atoms with Crippen LogP contribution in [0.3, 0.4) is 0 Å². The smallest absolute Gasteiger partial charge is 0.169 e. The zero-order valence-corrected chi connectivity index (χ0v) is 9.58. The predicted octanol–water partition coefficient (Wildman–Crippen LogP) is 2.08. The summed E-state index contributed by atoms with van der Waals surface area (Å²) in [6, 6.07) is 0. The Bertz CT molecular complexity index is 207. The second-order valence-corrected chi connectivity index (χ2v) is 4.90. The minimum absolute atomic E-state index is 0.272. The van der Waals surface area contributed by atoms with E-state index in [1.807, 2.05) is 0 Å². The number of aliphatic hydroxyl groups excluding tert-OH is 1. The van der Waals surface area contributed by atoms with Gasteiger partial charge in [-0.2, -0.15) is 0 Å². The highest BCUT2D eigenvalue weighted by Gasteiger charge is 2.46. The molecule has 1 aliphatic heterocycles. The van der Waals surface area contributed by atoms with Gasteiger partial charge in [-0.15, -0.1) is 0 Å². The third-order valence-corrected chi connectivity index (χ3v) is 3.58. The Kier molecular flexibility index (Phi) is 3.65. The van der Waals surface area contributed by atoms with Crippen LogP contribution >= 0.6 is 0 Å². The predicted molar refractivity (Wildman–Crippen MR) is 57.5 cm³/mol. The average Bonchev–Trinajstić information content (AvgIpc) is 2.84. The van der Waals surface area contributed by atoms with Crippen molar-refractivity contribution >= 4 is 0 Å². The zero-order chi connectivity index (χ0) is 10.7. The topological polar surface area (TPSA) is 38.7 Å². The third-order valence-electron chi connectivity index (χ3n) is 3.58. The van der Waals surface area contributed by atoms with Crippen LogP contribution in [0.25, 0.3) is 0 Å². The maximum absolute atomic E-state index is 9.11. The fourth-order valence-corrected chi connectivity index (χ4v) is 2.65. The zero-order valence-electron chi connectivity index (χ0n) is 9.58. The van der Waals surface area contributed by atoms with Crippen LogP contribution in [0.5, 0.6) is 0 Å². The average molecular weight is 214 g/mol. The molecule has 1 saturated heterocycles. The lowest BCUT2D eigenvalue weighted by Gasteiger charge is -2.22. The molecule has 1 N–H and O–H groups in total. The molecular formula is C12H22O3. The van der Waals surface area contributed by atoms with E-state index >= 15 is 0 Å². The van der Waals surface area contributed by atoms with Crippen LogP contribution in [-0.2, 0) is 9.47 Å². The molecule has 88 valence electrons. The van der Waals surface area contributed by atoms with Gasteiger partial charge in [-0.3, -0.25) is 0 Å². The van der Waals surface area contributed by atoms with Crippen molar-refractivity contribution in [3.8, 4) is 0 Å². The molecule has 3 heteroatoms. The van der Waals surface area contributed by atoms with Crippen molar-refractivity contribution in [2.75, 3.05) is 13.2 Å². The van der Waals surface area contributed by atoms with Gasteiger partial charge >= 0.3 is 0 Å². The van der Waals surface area contributed by atoms with Gasteiger partial charge < -0.3 is 14.6 Å². The molecule has 1 spiro atoms. The van der Waals surface area contributed by atoms with E-state index in [4.69, 9.17) is 14.6 Å². The minimum Gasteiger partial charge on any atom is -0.396 e. The molecule has 2 fully saturated rings. The normalized spacial score (nSPS) is 40.4. The van der Waals surface area contributed by atoms with Gasteiger partial charge in [0.1, 0.15) is 0 Å². The first kappa shape index (κ1) is 11.4. The lowest BCUT2D eigenvalue weighted by atomic mass is 10.1. The molecule has 1 saturated carbocycles. The standard InChI is InChI=1S/C12H22O3/c1-2-3-4-11-9-14-12(15-11)6-5-10(7-12)8-13/h10-11,13H,2-9H2,1H3. The van der Waals surface area contributed by atoms with E-state index in [0.29, 0.717) is 12.0 Å². The Morgan fingerprint density at radius 2 is 2.33 bits per heavy atom. The van der Waals surface area contributed by atoms with Gasteiger partial charge in [0, 0.05) is 19.4 Å². The van der Waals surface area contributed by atoms with Gasteiger partial charge in [0.2, 0.25) is 0 Å². The van der Waals surface area contributed by atoms with Crippen LogP contribution in [0.15, 0.2) is 0 Å². The molecule has 0 radical (unpaired) electrons. The van der Waals surface area contributed by atoms with Crippen LogP contribution in [0, 0.1) is 5.92 Å². The summed E-state index contributed by atoms with van der Waals surface area (Å²) in [5.41, 5.74) is 0. The number of hydrogen-bond donors (Lipinski definition) is 1. The third kappa shape index (κ3) is 2.52. The molecule has 15 heavy (non-hydrogen) atoms. The molecule has 0 aromatic carbocycles. The largest absolute Gasteiger partial charge is 0.396 e. The maximum Gasteiger partial charge on any atom is 0.169 e. The fraction of sp³-hybridized carbons (Fsp3) is 1.00. The fourth-order valence-electron chi connectivity index (χ4n) is 2.65. The molecule has 2 rings (SSSR count). The molecule has 1 heterocycles. The summed E-state index contributed by atoms with van der Waals surface area (Å²) in [4.78, 5) is 0. The van der Waals surface area contributed by atoms with Crippen LogP contribution < -0.4 is 0 Å². The summed E-state index contributed by atoms with van der Waals surface area (Å²) in [6.07, 6.45) is 6.72. The van der Waals surface area contributed by atoms with Crippen molar-refractivity contribution in [2.24, 2.45) is 5.92 Å². The Morgan fingerprint density at radius 1 is 1.47 bits per heavy atom. The van der Waals surface area contributed by atoms with Crippen LogP contribution in [0.1, 0.15) is 45.4 Å². The van der Waals surface area contributed by atoms with Crippen molar-refractivity contribution in [1.29, 1.82) is 0 Å². The van der Waals surface area contributed by atoms with Crippen LogP contribution in [-0.4, -0.2) is 30.2 Å². The van der Waals surface area contributed by atoms with Gasteiger partial charge in [0.25, 0.3) is 0 Å². The summed E-state index contributed by atoms with van der Waals surface area (Å²) < 4.78 is 11.8. The molecule has 3 unspecified atom stereocenters. The highest BCUT2D eigenvalue weighted by Crippen LogP contribution is 2.42. The first-order valence-corrected chi connectivity index (χ1v) is 6.20. The Morgan fingerprint density at radius 3 is 3.00 bits per heavy atom.